The molecule has 2 N–H and O–H groups in total. The average Bonchev–Trinajstić information content (AvgIpc) is 3.17. The second-order valence-corrected chi connectivity index (χ2v) is 11.1. The molecule has 36 heavy (non-hydrogen) atoms. The third kappa shape index (κ3) is 6.18. The normalized spacial score (nSPS) is 16.0. The molecule has 0 radical (unpaired) electrons. The standard InChI is InChI=1S/C23H19Cl3F2N4O3S/c24-17-3-5-19(6-4-17)36(34,35)31-22(33)29-8-7-14-10-23(27,28)11-16-12-30-32(21(14)16)13-15-1-2-18(25)9-20(15)26/h1-7,9,12H,8,10-11,13H2,(H2,29,31,33). The Morgan fingerprint density at radius 3 is 2.47 bits per heavy atom. The van der Waals surface area contributed by atoms with E-state index >= 15 is 0 Å². The van der Waals surface area contributed by atoms with Gasteiger partial charge in [-0.1, -0.05) is 46.9 Å². The second-order valence-electron chi connectivity index (χ2n) is 8.12. The number of nitrogens with one attached hydrogen (secondary N) is 2. The lowest BCUT2D eigenvalue weighted by molar-refractivity contribution is 0.00419. The molecule has 4 rings (SSSR count). The summed E-state index contributed by atoms with van der Waals surface area (Å²) in [6, 6.07) is 9.22. The topological polar surface area (TPSA) is 93.1 Å². The van der Waals surface area contributed by atoms with E-state index in [-0.39, 0.29) is 23.6 Å². The van der Waals surface area contributed by atoms with Crippen LogP contribution in [0.3, 0.4) is 0 Å². The van der Waals surface area contributed by atoms with Crippen LogP contribution in [0.15, 0.2) is 59.6 Å². The summed E-state index contributed by atoms with van der Waals surface area (Å²) in [7, 11) is -4.14. The number of carbonyl (C=O) groups excluding carboxylic acids is 1. The van der Waals surface area contributed by atoms with Crippen LogP contribution in [0, 0.1) is 0 Å². The first kappa shape index (κ1) is 26.4. The summed E-state index contributed by atoms with van der Waals surface area (Å²) in [4.78, 5) is 12.0. The van der Waals surface area contributed by atoms with Crippen molar-refractivity contribution in [1.82, 2.24) is 19.8 Å². The van der Waals surface area contributed by atoms with Crippen LogP contribution in [-0.4, -0.2) is 36.7 Å². The Morgan fingerprint density at radius 2 is 1.78 bits per heavy atom. The average molecular weight is 576 g/mol. The molecule has 0 spiro atoms. The van der Waals surface area contributed by atoms with Gasteiger partial charge in [0.05, 0.1) is 23.3 Å². The number of alkyl halides is 2. The number of benzene rings is 2. The van der Waals surface area contributed by atoms with E-state index in [0.29, 0.717) is 31.9 Å². The van der Waals surface area contributed by atoms with Crippen molar-refractivity contribution < 1.29 is 22.0 Å². The molecule has 0 unspecified atom stereocenters. The molecular weight excluding hydrogens is 557 g/mol. The van der Waals surface area contributed by atoms with Crippen molar-refractivity contribution in [2.75, 3.05) is 6.54 Å². The Kier molecular flexibility index (Phi) is 7.61. The van der Waals surface area contributed by atoms with Crippen LogP contribution >= 0.6 is 34.8 Å². The molecule has 0 aliphatic heterocycles. The molecule has 0 atom stereocenters. The minimum atomic E-state index is -4.14. The van der Waals surface area contributed by atoms with Gasteiger partial charge in [-0.15, -0.1) is 0 Å². The van der Waals surface area contributed by atoms with Gasteiger partial charge in [0.15, 0.2) is 0 Å². The molecule has 0 bridgehead atoms. The first-order chi connectivity index (χ1) is 16.9. The van der Waals surface area contributed by atoms with Gasteiger partial charge >= 0.3 is 6.03 Å². The minimum Gasteiger partial charge on any atom is -0.334 e. The van der Waals surface area contributed by atoms with E-state index in [1.54, 1.807) is 22.9 Å². The van der Waals surface area contributed by atoms with Crippen LogP contribution < -0.4 is 10.0 Å². The molecule has 3 aromatic rings. The number of hydrogen-bond donors (Lipinski definition) is 2. The van der Waals surface area contributed by atoms with Gasteiger partial charge in [-0.05, 0) is 47.5 Å². The molecule has 2 amide bonds. The molecule has 0 fully saturated rings. The van der Waals surface area contributed by atoms with E-state index in [1.807, 2.05) is 4.72 Å². The third-order valence-corrected chi connectivity index (χ3v) is 7.60. The number of halogens is 5. The van der Waals surface area contributed by atoms with Gasteiger partial charge in [0.25, 0.3) is 15.9 Å². The smallest absolute Gasteiger partial charge is 0.328 e. The number of sulfonamides is 1. The number of aromatic nitrogens is 2. The molecule has 1 aliphatic carbocycles. The first-order valence-corrected chi connectivity index (χ1v) is 13.2. The van der Waals surface area contributed by atoms with Gasteiger partial charge in [-0.2, -0.15) is 5.10 Å². The van der Waals surface area contributed by atoms with Crippen LogP contribution in [-0.2, 0) is 23.0 Å². The fraction of sp³-hybridized carbons (Fsp3) is 0.217. The maximum absolute atomic E-state index is 14.4. The SMILES string of the molecule is O=C(NCC=C1CC(F)(F)Cc2cnn(Cc3ccc(Cl)cc3Cl)c21)NS(=O)(=O)c1ccc(Cl)cc1. The Labute approximate surface area is 221 Å². The van der Waals surface area contributed by atoms with E-state index in [2.05, 4.69) is 10.4 Å². The maximum atomic E-state index is 14.4. The number of urea groups is 1. The van der Waals surface area contributed by atoms with E-state index < -0.39 is 34.8 Å². The maximum Gasteiger partial charge on any atom is 0.328 e. The zero-order chi connectivity index (χ0) is 26.1. The first-order valence-electron chi connectivity index (χ1n) is 10.6. The van der Waals surface area contributed by atoms with Crippen LogP contribution in [0.1, 0.15) is 23.2 Å². The molecule has 190 valence electrons. The number of hydrogen-bond acceptors (Lipinski definition) is 4. The van der Waals surface area contributed by atoms with Crippen LogP contribution in [0.4, 0.5) is 13.6 Å². The van der Waals surface area contributed by atoms with Gasteiger partial charge in [0.1, 0.15) is 0 Å². The lowest BCUT2D eigenvalue weighted by Gasteiger charge is -2.25. The Morgan fingerprint density at radius 1 is 1.08 bits per heavy atom. The van der Waals surface area contributed by atoms with Crippen molar-refractivity contribution in [3.8, 4) is 0 Å². The summed E-state index contributed by atoms with van der Waals surface area (Å²) >= 11 is 18.0. The lowest BCUT2D eigenvalue weighted by Crippen LogP contribution is -2.39. The number of amides is 2. The molecule has 7 nitrogen and oxygen atoms in total. The zero-order valence-electron chi connectivity index (χ0n) is 18.4. The Balaban J connectivity index is 1.50. The predicted molar refractivity (Wildman–Crippen MR) is 134 cm³/mol. The summed E-state index contributed by atoms with van der Waals surface area (Å²) in [5.41, 5.74) is 1.83. The highest BCUT2D eigenvalue weighted by molar-refractivity contribution is 7.90. The number of rotatable bonds is 6. The highest BCUT2D eigenvalue weighted by Crippen LogP contribution is 2.40. The number of carbonyl (C=O) groups is 1. The van der Waals surface area contributed by atoms with E-state index in [1.165, 1.54) is 36.5 Å². The highest BCUT2D eigenvalue weighted by Gasteiger charge is 2.38. The van der Waals surface area contributed by atoms with E-state index in [9.17, 15) is 22.0 Å². The molecular formula is C23H19Cl3F2N4O3S. The third-order valence-electron chi connectivity index (χ3n) is 5.41. The van der Waals surface area contributed by atoms with E-state index in [4.69, 9.17) is 34.8 Å². The van der Waals surface area contributed by atoms with Crippen molar-refractivity contribution in [3.05, 3.63) is 86.6 Å². The van der Waals surface area contributed by atoms with Gasteiger partial charge in [-0.25, -0.2) is 26.7 Å². The van der Waals surface area contributed by atoms with E-state index in [0.717, 1.165) is 0 Å². The van der Waals surface area contributed by atoms with Gasteiger partial charge < -0.3 is 5.32 Å². The fourth-order valence-corrected chi connectivity index (χ4v) is 5.35. The summed E-state index contributed by atoms with van der Waals surface area (Å²) in [6.45, 7) is 0.0290. The number of fused-ring (bicyclic) bond motifs is 1. The van der Waals surface area contributed by atoms with Crippen molar-refractivity contribution in [3.63, 3.8) is 0 Å². The predicted octanol–water partition coefficient (Wildman–Crippen LogP) is 5.54. The zero-order valence-corrected chi connectivity index (χ0v) is 21.5. The summed E-state index contributed by atoms with van der Waals surface area (Å²) in [5, 5.41) is 7.85. The number of allylic oxidation sites excluding steroid dienone is 1. The van der Waals surface area contributed by atoms with Crippen molar-refractivity contribution >= 4 is 56.4 Å². The molecule has 1 heterocycles. The van der Waals surface area contributed by atoms with Crippen molar-refractivity contribution in [2.24, 2.45) is 0 Å². The minimum absolute atomic E-state index is 0.151. The molecule has 1 aliphatic rings. The van der Waals surface area contributed by atoms with Gasteiger partial charge in [0.2, 0.25) is 0 Å². The molecule has 13 heteroatoms. The Bertz CT molecular complexity index is 1440. The largest absolute Gasteiger partial charge is 0.334 e. The Hall–Kier alpha value is -2.66. The summed E-state index contributed by atoms with van der Waals surface area (Å²) in [6.07, 6.45) is 1.77. The number of nitrogens with zero attached hydrogens (tertiary/aromatic N) is 2. The van der Waals surface area contributed by atoms with Crippen LogP contribution in [0.25, 0.3) is 5.57 Å². The quantitative estimate of drug-likeness (QED) is 0.403. The second kappa shape index (κ2) is 10.4. The van der Waals surface area contributed by atoms with Gasteiger partial charge in [-0.3, -0.25) is 4.68 Å². The fourth-order valence-electron chi connectivity index (χ4n) is 3.83. The molecule has 1 aromatic heterocycles. The summed E-state index contributed by atoms with van der Waals surface area (Å²) < 4.78 is 56.9. The molecule has 0 saturated heterocycles. The summed E-state index contributed by atoms with van der Waals surface area (Å²) in [5.74, 6) is -3.00. The van der Waals surface area contributed by atoms with Crippen molar-refractivity contribution in [1.29, 1.82) is 0 Å². The molecule has 2 aromatic carbocycles. The van der Waals surface area contributed by atoms with Gasteiger partial charge in [0, 0.05) is 40.0 Å². The van der Waals surface area contributed by atoms with Crippen LogP contribution in [0.5, 0.6) is 0 Å². The molecule has 0 saturated carbocycles. The lowest BCUT2D eigenvalue weighted by atomic mass is 9.89. The van der Waals surface area contributed by atoms with Crippen molar-refractivity contribution in [2.45, 2.75) is 30.2 Å². The van der Waals surface area contributed by atoms with Crippen LogP contribution in [0.2, 0.25) is 15.1 Å². The highest BCUT2D eigenvalue weighted by atomic mass is 35.5. The monoisotopic (exact) mass is 574 g/mol.